The minimum Gasteiger partial charge on any atom is -0.378 e. The molecule has 1 atom stereocenters. The van der Waals surface area contributed by atoms with Crippen LogP contribution in [0.15, 0.2) is 24.3 Å². The van der Waals surface area contributed by atoms with E-state index in [0.717, 1.165) is 11.8 Å². The van der Waals surface area contributed by atoms with Crippen LogP contribution in [0.3, 0.4) is 0 Å². The maximum absolute atomic E-state index is 2.60. The van der Waals surface area contributed by atoms with Gasteiger partial charge in [-0.2, -0.15) is 11.8 Å². The van der Waals surface area contributed by atoms with Crippen LogP contribution < -0.4 is 4.90 Å². The fourth-order valence-corrected chi connectivity index (χ4v) is 3.61. The zero-order chi connectivity index (χ0) is 13.0. The predicted octanol–water partition coefficient (Wildman–Crippen LogP) is 3.08. The summed E-state index contributed by atoms with van der Waals surface area (Å²) in [5, 5.41) is 0.829. The van der Waals surface area contributed by atoms with Crippen molar-refractivity contribution in [2.45, 2.75) is 25.1 Å². The topological polar surface area (TPSA) is 6.48 Å². The zero-order valence-electron chi connectivity index (χ0n) is 11.7. The molecule has 1 aliphatic rings. The quantitative estimate of drug-likeness (QED) is 0.825. The first-order valence-corrected chi connectivity index (χ1v) is 7.84. The van der Waals surface area contributed by atoms with Crippen LogP contribution >= 0.6 is 11.8 Å². The molecular formula is C15H24N2S. The summed E-state index contributed by atoms with van der Waals surface area (Å²) in [6.45, 7) is 5.87. The van der Waals surface area contributed by atoms with Gasteiger partial charge >= 0.3 is 0 Å². The molecule has 1 unspecified atom stereocenters. The third-order valence-corrected chi connectivity index (χ3v) is 4.88. The Balaban J connectivity index is 1.98. The highest BCUT2D eigenvalue weighted by Crippen LogP contribution is 2.23. The predicted molar refractivity (Wildman–Crippen MR) is 82.6 cm³/mol. The van der Waals surface area contributed by atoms with Crippen LogP contribution in [-0.4, -0.2) is 43.1 Å². The van der Waals surface area contributed by atoms with Crippen molar-refractivity contribution in [2.75, 3.05) is 37.8 Å². The van der Waals surface area contributed by atoms with E-state index in [1.807, 2.05) is 0 Å². The maximum atomic E-state index is 2.60. The summed E-state index contributed by atoms with van der Waals surface area (Å²) in [4.78, 5) is 4.77. The average molecular weight is 264 g/mol. The van der Waals surface area contributed by atoms with Gasteiger partial charge in [0.05, 0.1) is 0 Å². The summed E-state index contributed by atoms with van der Waals surface area (Å²) >= 11 is 2.14. The minimum atomic E-state index is 0.829. The molecule has 0 N–H and O–H groups in total. The van der Waals surface area contributed by atoms with E-state index < -0.39 is 0 Å². The molecule has 0 aliphatic carbocycles. The Labute approximate surface area is 115 Å². The molecule has 1 aliphatic heterocycles. The van der Waals surface area contributed by atoms with Gasteiger partial charge < -0.3 is 4.90 Å². The molecule has 0 aromatic heterocycles. The van der Waals surface area contributed by atoms with E-state index >= 15 is 0 Å². The third kappa shape index (κ3) is 3.66. The maximum Gasteiger partial charge on any atom is 0.0364 e. The summed E-state index contributed by atoms with van der Waals surface area (Å²) in [7, 11) is 4.20. The van der Waals surface area contributed by atoms with Crippen LogP contribution in [0.25, 0.3) is 0 Å². The first-order chi connectivity index (χ1) is 8.69. The van der Waals surface area contributed by atoms with E-state index in [1.54, 1.807) is 0 Å². The Kier molecular flexibility index (Phi) is 4.95. The number of hydrogen-bond donors (Lipinski definition) is 0. The fourth-order valence-electron chi connectivity index (χ4n) is 2.36. The second-order valence-electron chi connectivity index (χ2n) is 5.20. The highest BCUT2D eigenvalue weighted by Gasteiger charge is 2.18. The summed E-state index contributed by atoms with van der Waals surface area (Å²) in [5.74, 6) is 1.28. The normalized spacial score (nSPS) is 20.9. The summed E-state index contributed by atoms with van der Waals surface area (Å²) in [6, 6.07) is 8.89. The standard InChI is InChI=1S/C15H24N2S/c1-4-15-12-17(8-9-18-15)11-13-6-5-7-14(10-13)16(2)3/h5-7,10,15H,4,8-9,11-12H2,1-3H3. The first-order valence-electron chi connectivity index (χ1n) is 6.79. The highest BCUT2D eigenvalue weighted by molar-refractivity contribution is 8.00. The molecule has 3 heteroatoms. The van der Waals surface area contributed by atoms with Crippen molar-refractivity contribution >= 4 is 17.4 Å². The first kappa shape index (κ1) is 13.8. The zero-order valence-corrected chi connectivity index (χ0v) is 12.5. The largest absolute Gasteiger partial charge is 0.378 e. The van der Waals surface area contributed by atoms with Crippen molar-refractivity contribution in [2.24, 2.45) is 0 Å². The number of benzene rings is 1. The monoisotopic (exact) mass is 264 g/mol. The lowest BCUT2D eigenvalue weighted by Crippen LogP contribution is -2.37. The lowest BCUT2D eigenvalue weighted by atomic mass is 10.1. The molecule has 100 valence electrons. The molecule has 18 heavy (non-hydrogen) atoms. The lowest BCUT2D eigenvalue weighted by molar-refractivity contribution is 0.273. The van der Waals surface area contributed by atoms with Crippen molar-refractivity contribution in [3.05, 3.63) is 29.8 Å². The van der Waals surface area contributed by atoms with Crippen molar-refractivity contribution in [3.8, 4) is 0 Å². The molecule has 1 heterocycles. The highest BCUT2D eigenvalue weighted by atomic mass is 32.2. The summed E-state index contributed by atoms with van der Waals surface area (Å²) in [6.07, 6.45) is 1.29. The number of rotatable bonds is 4. The van der Waals surface area contributed by atoms with Gasteiger partial charge in [0.1, 0.15) is 0 Å². The van der Waals surface area contributed by atoms with Crippen molar-refractivity contribution in [1.29, 1.82) is 0 Å². The fraction of sp³-hybridized carbons (Fsp3) is 0.600. The number of hydrogen-bond acceptors (Lipinski definition) is 3. The van der Waals surface area contributed by atoms with Crippen molar-refractivity contribution < 1.29 is 0 Å². The molecule has 2 rings (SSSR count). The Morgan fingerprint density at radius 1 is 1.39 bits per heavy atom. The molecule has 0 bridgehead atoms. The second-order valence-corrected chi connectivity index (χ2v) is 6.61. The summed E-state index contributed by atoms with van der Waals surface area (Å²) < 4.78 is 0. The number of anilines is 1. The Morgan fingerprint density at radius 3 is 2.94 bits per heavy atom. The Hall–Kier alpha value is -0.670. The number of nitrogens with zero attached hydrogens (tertiary/aromatic N) is 2. The number of thioether (sulfide) groups is 1. The van der Waals surface area contributed by atoms with Crippen LogP contribution in [0.2, 0.25) is 0 Å². The van der Waals surface area contributed by atoms with E-state index in [0.29, 0.717) is 0 Å². The van der Waals surface area contributed by atoms with Crippen LogP contribution in [0.1, 0.15) is 18.9 Å². The van der Waals surface area contributed by atoms with Crippen molar-refractivity contribution in [1.82, 2.24) is 4.90 Å². The van der Waals surface area contributed by atoms with Gasteiger partial charge in [0.2, 0.25) is 0 Å². The van der Waals surface area contributed by atoms with E-state index in [4.69, 9.17) is 0 Å². The lowest BCUT2D eigenvalue weighted by Gasteiger charge is -2.32. The Morgan fingerprint density at radius 2 is 2.22 bits per heavy atom. The third-order valence-electron chi connectivity index (χ3n) is 3.51. The molecule has 0 radical (unpaired) electrons. The minimum absolute atomic E-state index is 0.829. The van der Waals surface area contributed by atoms with Gasteiger partial charge in [0.25, 0.3) is 0 Å². The van der Waals surface area contributed by atoms with Crippen LogP contribution in [-0.2, 0) is 6.54 Å². The smallest absolute Gasteiger partial charge is 0.0364 e. The van der Waals surface area contributed by atoms with Gasteiger partial charge in [-0.15, -0.1) is 0 Å². The van der Waals surface area contributed by atoms with E-state index in [9.17, 15) is 0 Å². The van der Waals surface area contributed by atoms with Crippen molar-refractivity contribution in [3.63, 3.8) is 0 Å². The van der Waals surface area contributed by atoms with Gasteiger partial charge in [-0.3, -0.25) is 4.90 Å². The average Bonchev–Trinajstić information content (AvgIpc) is 2.39. The molecule has 0 spiro atoms. The van der Waals surface area contributed by atoms with Gasteiger partial charge in [-0.05, 0) is 24.1 Å². The second kappa shape index (κ2) is 6.48. The molecule has 1 aromatic rings. The molecule has 1 saturated heterocycles. The van der Waals surface area contributed by atoms with Gasteiger partial charge in [0.15, 0.2) is 0 Å². The SMILES string of the molecule is CCC1CN(Cc2cccc(N(C)C)c2)CCS1. The molecule has 1 fully saturated rings. The summed E-state index contributed by atoms with van der Waals surface area (Å²) in [5.41, 5.74) is 2.73. The molecule has 1 aromatic carbocycles. The van der Waals surface area contributed by atoms with Crippen LogP contribution in [0, 0.1) is 0 Å². The van der Waals surface area contributed by atoms with Gasteiger partial charge in [-0.25, -0.2) is 0 Å². The van der Waals surface area contributed by atoms with E-state index in [2.05, 4.69) is 66.8 Å². The molecule has 2 nitrogen and oxygen atoms in total. The van der Waals surface area contributed by atoms with Crippen LogP contribution in [0.5, 0.6) is 0 Å². The van der Waals surface area contributed by atoms with E-state index in [-0.39, 0.29) is 0 Å². The van der Waals surface area contributed by atoms with Gasteiger partial charge in [-0.1, -0.05) is 19.1 Å². The Bertz CT molecular complexity index is 379. The van der Waals surface area contributed by atoms with Crippen LogP contribution in [0.4, 0.5) is 5.69 Å². The van der Waals surface area contributed by atoms with Gasteiger partial charge in [0, 0.05) is 50.4 Å². The molecular weight excluding hydrogens is 240 g/mol. The van der Waals surface area contributed by atoms with E-state index in [1.165, 1.54) is 36.5 Å². The molecule has 0 amide bonds. The molecule has 0 saturated carbocycles.